The van der Waals surface area contributed by atoms with Crippen LogP contribution in [0.5, 0.6) is 5.75 Å². The van der Waals surface area contributed by atoms with Gasteiger partial charge < -0.3 is 9.14 Å². The topological polar surface area (TPSA) is 26.5 Å². The van der Waals surface area contributed by atoms with Crippen molar-refractivity contribution in [2.75, 3.05) is 0 Å². The quantitative estimate of drug-likeness (QED) is 0.678. The van der Waals surface area contributed by atoms with E-state index in [0.29, 0.717) is 0 Å². The number of imidazole rings is 1. The average molecular weight is 345 g/mol. The number of halogens is 1. The van der Waals surface area contributed by atoms with Crippen LogP contribution in [0.2, 0.25) is 0 Å². The summed E-state index contributed by atoms with van der Waals surface area (Å²) < 4.78 is 8.78. The van der Waals surface area contributed by atoms with Gasteiger partial charge in [0.15, 0.2) is 0 Å². The van der Waals surface area contributed by atoms with Gasteiger partial charge in [0.1, 0.15) is 11.4 Å². The highest BCUT2D eigenvalue weighted by Crippen LogP contribution is 2.25. The van der Waals surface area contributed by atoms with Crippen molar-refractivity contribution < 1.29 is 4.74 Å². The van der Waals surface area contributed by atoms with Crippen molar-refractivity contribution in [3.8, 4) is 17.0 Å². The Morgan fingerprint density at radius 2 is 1.86 bits per heavy atom. The van der Waals surface area contributed by atoms with Crippen LogP contribution >= 0.6 is 15.9 Å². The van der Waals surface area contributed by atoms with E-state index in [-0.39, 0.29) is 6.10 Å². The maximum atomic E-state index is 5.66. The Morgan fingerprint density at radius 3 is 2.52 bits per heavy atom. The third-order valence-electron chi connectivity index (χ3n) is 3.26. The van der Waals surface area contributed by atoms with Crippen molar-refractivity contribution in [3.05, 3.63) is 52.8 Å². The summed E-state index contributed by atoms with van der Waals surface area (Å²) in [5.41, 5.74) is 4.18. The second kappa shape index (κ2) is 5.53. The van der Waals surface area contributed by atoms with E-state index in [9.17, 15) is 0 Å². The molecular weight excluding hydrogens is 328 g/mol. The molecule has 2 aromatic heterocycles. The second-order valence-electron chi connectivity index (χ2n) is 5.39. The fourth-order valence-corrected chi connectivity index (χ4v) is 2.56. The summed E-state index contributed by atoms with van der Waals surface area (Å²) in [5.74, 6) is 0.885. The number of nitrogens with zero attached hydrogens (tertiary/aromatic N) is 2. The fraction of sp³-hybridized carbons (Fsp3) is 0.235. The highest BCUT2D eigenvalue weighted by Gasteiger charge is 2.07. The monoisotopic (exact) mass is 344 g/mol. The van der Waals surface area contributed by atoms with Gasteiger partial charge in [-0.2, -0.15) is 0 Å². The van der Waals surface area contributed by atoms with Gasteiger partial charge in [0.2, 0.25) is 0 Å². The Kier molecular flexibility index (Phi) is 3.72. The van der Waals surface area contributed by atoms with Crippen LogP contribution in [0, 0.1) is 6.92 Å². The predicted molar refractivity (Wildman–Crippen MR) is 88.8 cm³/mol. The van der Waals surface area contributed by atoms with Crippen LogP contribution in [0.25, 0.3) is 16.9 Å². The lowest BCUT2D eigenvalue weighted by Gasteiger charge is -2.09. The van der Waals surface area contributed by atoms with E-state index >= 15 is 0 Å². The predicted octanol–water partition coefficient (Wildman–Crippen LogP) is 4.86. The van der Waals surface area contributed by atoms with Crippen molar-refractivity contribution in [2.24, 2.45) is 0 Å². The van der Waals surface area contributed by atoms with Crippen LogP contribution in [0.4, 0.5) is 0 Å². The minimum absolute atomic E-state index is 0.186. The Hall–Kier alpha value is -1.81. The van der Waals surface area contributed by atoms with Crippen molar-refractivity contribution in [1.29, 1.82) is 0 Å². The molecule has 2 heterocycles. The van der Waals surface area contributed by atoms with E-state index in [0.717, 1.165) is 27.1 Å². The molecule has 0 fully saturated rings. The summed E-state index contributed by atoms with van der Waals surface area (Å²) in [6, 6.07) is 10.1. The normalized spacial score (nSPS) is 11.3. The molecule has 0 N–H and O–H groups in total. The number of ether oxygens (including phenoxy) is 1. The van der Waals surface area contributed by atoms with E-state index < -0.39 is 0 Å². The van der Waals surface area contributed by atoms with Crippen LogP contribution in [0.1, 0.15) is 19.4 Å². The highest BCUT2D eigenvalue weighted by atomic mass is 79.9. The smallest absolute Gasteiger partial charge is 0.137 e. The van der Waals surface area contributed by atoms with Crippen molar-refractivity contribution in [3.63, 3.8) is 0 Å². The molecular formula is C17H17BrN2O. The Balaban J connectivity index is 1.96. The fourth-order valence-electron chi connectivity index (χ4n) is 2.22. The van der Waals surface area contributed by atoms with Gasteiger partial charge in [0, 0.05) is 22.4 Å². The van der Waals surface area contributed by atoms with Crippen LogP contribution < -0.4 is 4.74 Å². The molecule has 4 heteroatoms. The molecule has 3 aromatic rings. The zero-order valence-electron chi connectivity index (χ0n) is 12.3. The van der Waals surface area contributed by atoms with Gasteiger partial charge in [0.05, 0.1) is 11.8 Å². The minimum atomic E-state index is 0.186. The minimum Gasteiger partial charge on any atom is -0.491 e. The Morgan fingerprint density at radius 1 is 1.14 bits per heavy atom. The van der Waals surface area contributed by atoms with Gasteiger partial charge in [0.25, 0.3) is 0 Å². The molecule has 0 radical (unpaired) electrons. The molecule has 1 aromatic carbocycles. The number of hydrogen-bond acceptors (Lipinski definition) is 2. The largest absolute Gasteiger partial charge is 0.491 e. The van der Waals surface area contributed by atoms with Crippen LogP contribution in [0.15, 0.2) is 47.2 Å². The van der Waals surface area contributed by atoms with E-state index in [1.807, 2.05) is 54.9 Å². The van der Waals surface area contributed by atoms with E-state index in [1.54, 1.807) is 0 Å². The third-order valence-corrected chi connectivity index (χ3v) is 4.09. The first-order chi connectivity index (χ1) is 10.0. The molecule has 0 aliphatic carbocycles. The lowest BCUT2D eigenvalue weighted by Crippen LogP contribution is -2.05. The number of hydrogen-bond donors (Lipinski definition) is 0. The van der Waals surface area contributed by atoms with E-state index in [4.69, 9.17) is 4.74 Å². The number of fused-ring (bicyclic) bond motifs is 1. The lowest BCUT2D eigenvalue weighted by atomic mass is 10.1. The molecule has 0 aliphatic heterocycles. The Bertz CT molecular complexity index is 736. The molecule has 3 rings (SSSR count). The summed E-state index contributed by atoms with van der Waals surface area (Å²) in [7, 11) is 0. The molecule has 108 valence electrons. The highest BCUT2D eigenvalue weighted by molar-refractivity contribution is 9.10. The number of rotatable bonds is 3. The molecule has 0 aliphatic rings. The van der Waals surface area contributed by atoms with Gasteiger partial charge in [-0.15, -0.1) is 0 Å². The average Bonchev–Trinajstić information content (AvgIpc) is 2.82. The van der Waals surface area contributed by atoms with Gasteiger partial charge in [-0.25, -0.2) is 4.98 Å². The maximum Gasteiger partial charge on any atom is 0.137 e. The van der Waals surface area contributed by atoms with Crippen molar-refractivity contribution in [2.45, 2.75) is 26.9 Å². The number of aryl methyl sites for hydroxylation is 1. The van der Waals surface area contributed by atoms with Crippen molar-refractivity contribution in [1.82, 2.24) is 9.38 Å². The lowest BCUT2D eigenvalue weighted by molar-refractivity contribution is 0.242. The number of aromatic nitrogens is 2. The first-order valence-electron chi connectivity index (χ1n) is 6.95. The van der Waals surface area contributed by atoms with Gasteiger partial charge in [-0.05, 0) is 72.6 Å². The summed E-state index contributed by atoms with van der Waals surface area (Å²) in [6.07, 6.45) is 4.27. The standard InChI is InChI=1S/C17H17BrN2O/c1-11(2)21-14-6-4-13(5-7-14)16-10-20-9-15(18)12(3)8-17(20)19-16/h4-11H,1-3H3. The van der Waals surface area contributed by atoms with E-state index in [1.165, 1.54) is 5.56 Å². The molecule has 0 spiro atoms. The zero-order valence-corrected chi connectivity index (χ0v) is 13.9. The SMILES string of the molecule is Cc1cc2nc(-c3ccc(OC(C)C)cc3)cn2cc1Br. The van der Waals surface area contributed by atoms with E-state index in [2.05, 4.69) is 33.9 Å². The molecule has 0 atom stereocenters. The zero-order chi connectivity index (χ0) is 15.0. The molecule has 0 saturated carbocycles. The molecule has 0 amide bonds. The summed E-state index contributed by atoms with van der Waals surface area (Å²) >= 11 is 3.55. The maximum absolute atomic E-state index is 5.66. The first kappa shape index (κ1) is 14.1. The van der Waals surface area contributed by atoms with Crippen LogP contribution in [-0.2, 0) is 0 Å². The van der Waals surface area contributed by atoms with Crippen LogP contribution in [0.3, 0.4) is 0 Å². The van der Waals surface area contributed by atoms with Gasteiger partial charge >= 0.3 is 0 Å². The van der Waals surface area contributed by atoms with Gasteiger partial charge in [-0.3, -0.25) is 0 Å². The van der Waals surface area contributed by atoms with Crippen molar-refractivity contribution >= 4 is 21.6 Å². The number of pyridine rings is 1. The third kappa shape index (κ3) is 2.95. The summed E-state index contributed by atoms with van der Waals surface area (Å²) in [6.45, 7) is 6.11. The molecule has 21 heavy (non-hydrogen) atoms. The molecule has 3 nitrogen and oxygen atoms in total. The molecule has 0 unspecified atom stereocenters. The molecule has 0 saturated heterocycles. The van der Waals surface area contributed by atoms with Crippen LogP contribution in [-0.4, -0.2) is 15.5 Å². The van der Waals surface area contributed by atoms with Gasteiger partial charge in [-0.1, -0.05) is 0 Å². The molecule has 0 bridgehead atoms. The number of benzene rings is 1. The first-order valence-corrected chi connectivity index (χ1v) is 7.74. The summed E-state index contributed by atoms with van der Waals surface area (Å²) in [4.78, 5) is 4.68. The Labute approximate surface area is 132 Å². The second-order valence-corrected chi connectivity index (χ2v) is 6.24. The summed E-state index contributed by atoms with van der Waals surface area (Å²) in [5, 5.41) is 0.